The van der Waals surface area contributed by atoms with Gasteiger partial charge in [-0.2, -0.15) is 0 Å². The van der Waals surface area contributed by atoms with Crippen LogP contribution < -0.4 is 14.4 Å². The van der Waals surface area contributed by atoms with Gasteiger partial charge in [-0.1, -0.05) is 17.7 Å². The molecule has 0 bridgehead atoms. The molecule has 0 fully saturated rings. The van der Waals surface area contributed by atoms with Crippen molar-refractivity contribution in [2.75, 3.05) is 22.8 Å². The summed E-state index contributed by atoms with van der Waals surface area (Å²) >= 11 is 5.96. The number of nitrogens with zero attached hydrogens (tertiary/aromatic N) is 1. The van der Waals surface area contributed by atoms with E-state index in [0.29, 0.717) is 22.1 Å². The fourth-order valence-corrected chi connectivity index (χ4v) is 4.45. The summed E-state index contributed by atoms with van der Waals surface area (Å²) in [5.41, 5.74) is 0.0770. The SMILES string of the molecule is CC(C)(C)OC(=O)Nc1ccc2c(c1)N(S(=O)(=O)c1cccc(Cl)c1)CCO2. The van der Waals surface area contributed by atoms with Gasteiger partial charge in [0, 0.05) is 10.7 Å². The summed E-state index contributed by atoms with van der Waals surface area (Å²) in [4.78, 5) is 12.1. The molecule has 1 N–H and O–H groups in total. The van der Waals surface area contributed by atoms with Crippen LogP contribution in [0.1, 0.15) is 20.8 Å². The zero-order valence-electron chi connectivity index (χ0n) is 15.7. The molecule has 2 aromatic carbocycles. The molecule has 28 heavy (non-hydrogen) atoms. The van der Waals surface area contributed by atoms with Crippen LogP contribution in [0.2, 0.25) is 5.02 Å². The summed E-state index contributed by atoms with van der Waals surface area (Å²) < 4.78 is 38.3. The lowest BCUT2D eigenvalue weighted by molar-refractivity contribution is 0.0636. The summed E-state index contributed by atoms with van der Waals surface area (Å²) in [5.74, 6) is 0.409. The van der Waals surface area contributed by atoms with Crippen molar-refractivity contribution in [2.45, 2.75) is 31.3 Å². The quantitative estimate of drug-likeness (QED) is 0.795. The van der Waals surface area contributed by atoms with E-state index in [4.69, 9.17) is 21.1 Å². The molecule has 1 heterocycles. The highest BCUT2D eigenvalue weighted by Crippen LogP contribution is 2.37. The number of carbonyl (C=O) groups excluding carboxylic acids is 1. The third-order valence-electron chi connectivity index (χ3n) is 3.81. The Kier molecular flexibility index (Phi) is 5.45. The lowest BCUT2D eigenvalue weighted by Crippen LogP contribution is -2.38. The summed E-state index contributed by atoms with van der Waals surface area (Å²) in [6.45, 7) is 5.62. The van der Waals surface area contributed by atoms with Gasteiger partial charge in [0.1, 0.15) is 18.0 Å². The first-order valence-corrected chi connectivity index (χ1v) is 10.4. The van der Waals surface area contributed by atoms with E-state index >= 15 is 0 Å². The molecule has 3 rings (SSSR count). The van der Waals surface area contributed by atoms with Crippen LogP contribution in [-0.2, 0) is 14.8 Å². The molecule has 2 aromatic rings. The Bertz CT molecular complexity index is 1000. The van der Waals surface area contributed by atoms with Gasteiger partial charge in [0.25, 0.3) is 10.0 Å². The van der Waals surface area contributed by atoms with Crippen LogP contribution in [0.4, 0.5) is 16.2 Å². The van der Waals surface area contributed by atoms with E-state index in [0.717, 1.165) is 0 Å². The van der Waals surface area contributed by atoms with Crippen molar-refractivity contribution in [1.29, 1.82) is 0 Å². The van der Waals surface area contributed by atoms with Gasteiger partial charge < -0.3 is 9.47 Å². The smallest absolute Gasteiger partial charge is 0.412 e. The van der Waals surface area contributed by atoms with E-state index in [1.807, 2.05) is 0 Å². The fourth-order valence-electron chi connectivity index (χ4n) is 2.70. The predicted octanol–water partition coefficient (Wildman–Crippen LogP) is 4.27. The van der Waals surface area contributed by atoms with Gasteiger partial charge in [-0.25, -0.2) is 13.2 Å². The number of amides is 1. The molecule has 1 aliphatic heterocycles. The van der Waals surface area contributed by atoms with Crippen molar-refractivity contribution in [3.63, 3.8) is 0 Å². The van der Waals surface area contributed by atoms with Gasteiger partial charge in [0.2, 0.25) is 0 Å². The second-order valence-corrected chi connectivity index (χ2v) is 9.49. The second kappa shape index (κ2) is 7.52. The average molecular weight is 425 g/mol. The number of fused-ring (bicyclic) bond motifs is 1. The van der Waals surface area contributed by atoms with Crippen molar-refractivity contribution in [1.82, 2.24) is 0 Å². The monoisotopic (exact) mass is 424 g/mol. The Morgan fingerprint density at radius 1 is 1.21 bits per heavy atom. The van der Waals surface area contributed by atoms with Crippen LogP contribution in [0.5, 0.6) is 5.75 Å². The van der Waals surface area contributed by atoms with Gasteiger partial charge in [0.15, 0.2) is 0 Å². The zero-order valence-corrected chi connectivity index (χ0v) is 17.3. The highest BCUT2D eigenvalue weighted by atomic mass is 35.5. The van der Waals surface area contributed by atoms with Crippen molar-refractivity contribution in [3.05, 3.63) is 47.5 Å². The molecule has 1 aliphatic rings. The number of rotatable bonds is 3. The molecule has 0 atom stereocenters. The largest absolute Gasteiger partial charge is 0.489 e. The maximum atomic E-state index is 13.1. The average Bonchev–Trinajstić information content (AvgIpc) is 2.59. The number of nitrogens with one attached hydrogen (secondary N) is 1. The van der Waals surface area contributed by atoms with Crippen molar-refractivity contribution >= 4 is 39.1 Å². The minimum atomic E-state index is -3.85. The van der Waals surface area contributed by atoms with Gasteiger partial charge in [-0.3, -0.25) is 9.62 Å². The number of anilines is 2. The van der Waals surface area contributed by atoms with Gasteiger partial charge >= 0.3 is 6.09 Å². The van der Waals surface area contributed by atoms with Crippen molar-refractivity contribution < 1.29 is 22.7 Å². The topological polar surface area (TPSA) is 84.9 Å². The van der Waals surface area contributed by atoms with E-state index in [-0.39, 0.29) is 18.0 Å². The van der Waals surface area contributed by atoms with E-state index in [1.165, 1.54) is 16.4 Å². The first-order chi connectivity index (χ1) is 13.1. The highest BCUT2D eigenvalue weighted by Gasteiger charge is 2.30. The van der Waals surface area contributed by atoms with Crippen LogP contribution in [-0.4, -0.2) is 33.3 Å². The number of ether oxygens (including phenoxy) is 2. The van der Waals surface area contributed by atoms with Gasteiger partial charge in [-0.05, 0) is 57.2 Å². The van der Waals surface area contributed by atoms with E-state index in [2.05, 4.69) is 5.32 Å². The summed E-state index contributed by atoms with van der Waals surface area (Å²) in [7, 11) is -3.85. The van der Waals surface area contributed by atoms with Gasteiger partial charge in [-0.15, -0.1) is 0 Å². The Morgan fingerprint density at radius 2 is 1.96 bits per heavy atom. The maximum absolute atomic E-state index is 13.1. The maximum Gasteiger partial charge on any atom is 0.412 e. The third-order valence-corrected chi connectivity index (χ3v) is 5.85. The van der Waals surface area contributed by atoms with Crippen LogP contribution in [0.25, 0.3) is 0 Å². The number of hydrogen-bond acceptors (Lipinski definition) is 5. The minimum absolute atomic E-state index is 0.0818. The molecule has 0 saturated carbocycles. The lowest BCUT2D eigenvalue weighted by atomic mass is 10.2. The summed E-state index contributed by atoms with van der Waals surface area (Å²) in [6.07, 6.45) is -0.631. The van der Waals surface area contributed by atoms with E-state index in [1.54, 1.807) is 51.1 Å². The molecule has 9 heteroatoms. The van der Waals surface area contributed by atoms with Crippen LogP contribution >= 0.6 is 11.6 Å². The first-order valence-electron chi connectivity index (χ1n) is 8.61. The fraction of sp³-hybridized carbons (Fsp3) is 0.316. The van der Waals surface area contributed by atoms with Crippen LogP contribution in [0.3, 0.4) is 0 Å². The van der Waals surface area contributed by atoms with Crippen LogP contribution in [0, 0.1) is 0 Å². The molecule has 0 aliphatic carbocycles. The number of carbonyl (C=O) groups is 1. The molecular weight excluding hydrogens is 404 g/mol. The molecular formula is C19H21ClN2O5S. The van der Waals surface area contributed by atoms with Crippen molar-refractivity contribution in [3.8, 4) is 5.75 Å². The second-order valence-electron chi connectivity index (χ2n) is 7.19. The lowest BCUT2D eigenvalue weighted by Gasteiger charge is -2.31. The Morgan fingerprint density at radius 3 is 2.64 bits per heavy atom. The molecule has 0 unspecified atom stereocenters. The summed E-state index contributed by atoms with van der Waals surface area (Å²) in [6, 6.07) is 10.8. The van der Waals surface area contributed by atoms with Crippen molar-refractivity contribution in [2.24, 2.45) is 0 Å². The Hall–Kier alpha value is -2.45. The standard InChI is InChI=1S/C19H21ClN2O5S/c1-19(2,3)27-18(23)21-14-7-8-17-16(12-14)22(9-10-26-17)28(24,25)15-6-4-5-13(20)11-15/h4-8,11-12H,9-10H2,1-3H3,(H,21,23). The molecule has 1 amide bonds. The minimum Gasteiger partial charge on any atom is -0.489 e. The van der Waals surface area contributed by atoms with E-state index < -0.39 is 21.7 Å². The third kappa shape index (κ3) is 4.51. The summed E-state index contributed by atoms with van der Waals surface area (Å²) in [5, 5.41) is 2.94. The van der Waals surface area contributed by atoms with E-state index in [9.17, 15) is 13.2 Å². The molecule has 0 saturated heterocycles. The zero-order chi connectivity index (χ0) is 20.5. The predicted molar refractivity (Wildman–Crippen MR) is 108 cm³/mol. The highest BCUT2D eigenvalue weighted by molar-refractivity contribution is 7.92. The Balaban J connectivity index is 1.93. The van der Waals surface area contributed by atoms with Crippen LogP contribution in [0.15, 0.2) is 47.4 Å². The normalized spacial score (nSPS) is 14.1. The van der Waals surface area contributed by atoms with Gasteiger partial charge in [0.05, 0.1) is 17.1 Å². The molecule has 0 aromatic heterocycles. The number of benzene rings is 2. The first kappa shape index (κ1) is 20.3. The molecule has 0 radical (unpaired) electrons. The molecule has 150 valence electrons. The number of sulfonamides is 1. The molecule has 0 spiro atoms. The Labute approximate surface area is 169 Å². The number of hydrogen-bond donors (Lipinski definition) is 1. The molecule has 7 nitrogen and oxygen atoms in total. The number of halogens is 1.